The third-order valence-electron chi connectivity index (χ3n) is 3.04. The molecule has 0 aliphatic carbocycles. The molecular weight excluding hydrogens is 319 g/mol. The molecule has 2 aromatic rings. The van der Waals surface area contributed by atoms with Crippen LogP contribution in [-0.4, -0.2) is 29.9 Å². The van der Waals surface area contributed by atoms with Crippen molar-refractivity contribution in [3.05, 3.63) is 27.9 Å². The highest BCUT2D eigenvalue weighted by Crippen LogP contribution is 2.32. The van der Waals surface area contributed by atoms with E-state index in [1.54, 1.807) is 6.92 Å². The van der Waals surface area contributed by atoms with Gasteiger partial charge in [-0.3, -0.25) is 0 Å². The first-order chi connectivity index (χ1) is 10.7. The Morgan fingerprint density at radius 1 is 1.39 bits per heavy atom. The number of carbonyl (C=O) groups excluding carboxylic acids is 1. The maximum Gasteiger partial charge on any atom is 0.422 e. The van der Waals surface area contributed by atoms with Crippen molar-refractivity contribution in [2.75, 3.05) is 13.2 Å². The molecule has 0 spiro atoms. The summed E-state index contributed by atoms with van der Waals surface area (Å²) in [4.78, 5) is 24.0. The highest BCUT2D eigenvalue weighted by molar-refractivity contribution is 6.01. The summed E-state index contributed by atoms with van der Waals surface area (Å²) in [6, 6.07) is 1.43. The third-order valence-corrected chi connectivity index (χ3v) is 3.04. The molecule has 0 bridgehead atoms. The Bertz CT molecular complexity index is 803. The lowest BCUT2D eigenvalue weighted by Gasteiger charge is -2.10. The van der Waals surface area contributed by atoms with Gasteiger partial charge in [-0.1, -0.05) is 0 Å². The van der Waals surface area contributed by atoms with Crippen molar-refractivity contribution in [2.24, 2.45) is 7.05 Å². The predicted octanol–water partition coefficient (Wildman–Crippen LogP) is 2.56. The second-order valence-corrected chi connectivity index (χ2v) is 4.77. The van der Waals surface area contributed by atoms with Crippen LogP contribution in [0.5, 0.6) is 5.75 Å². The highest BCUT2D eigenvalue weighted by atomic mass is 19.4. The van der Waals surface area contributed by atoms with Crippen LogP contribution in [0, 0.1) is 6.92 Å². The summed E-state index contributed by atoms with van der Waals surface area (Å²) in [6.07, 6.45) is -4.63. The third kappa shape index (κ3) is 3.33. The lowest BCUT2D eigenvalue weighted by molar-refractivity contribution is -0.153. The minimum absolute atomic E-state index is 0.0205. The van der Waals surface area contributed by atoms with Crippen LogP contribution in [0.25, 0.3) is 10.9 Å². The molecule has 2 rings (SSSR count). The summed E-state index contributed by atoms with van der Waals surface area (Å²) in [5, 5.41) is -0.231. The van der Waals surface area contributed by atoms with Gasteiger partial charge in [0.1, 0.15) is 11.1 Å². The van der Waals surface area contributed by atoms with Crippen molar-refractivity contribution < 1.29 is 31.9 Å². The molecule has 23 heavy (non-hydrogen) atoms. The topological polar surface area (TPSA) is 70.7 Å². The number of alkyl halides is 3. The summed E-state index contributed by atoms with van der Waals surface area (Å²) < 4.78 is 53.0. The standard InChI is InChI=1S/C14H14F3NO5/c1-4-21-13(20)10-11(22-6-14(15,16)17)9-8(18(10)3)5-7(2)23-12(9)19/h5H,4,6H2,1-3H3. The number of rotatable bonds is 4. The zero-order valence-electron chi connectivity index (χ0n) is 12.6. The van der Waals surface area contributed by atoms with E-state index in [1.165, 1.54) is 24.6 Å². The number of aromatic nitrogens is 1. The molecule has 0 aliphatic rings. The molecule has 0 atom stereocenters. The van der Waals surface area contributed by atoms with Crippen molar-refractivity contribution in [2.45, 2.75) is 20.0 Å². The van der Waals surface area contributed by atoms with Gasteiger partial charge in [0, 0.05) is 13.1 Å². The molecule has 0 saturated carbocycles. The average Bonchev–Trinajstić information content (AvgIpc) is 2.69. The van der Waals surface area contributed by atoms with Gasteiger partial charge in [0.25, 0.3) is 0 Å². The number of nitrogens with zero attached hydrogens (tertiary/aromatic N) is 1. The van der Waals surface area contributed by atoms with Crippen LogP contribution in [0.1, 0.15) is 23.2 Å². The van der Waals surface area contributed by atoms with Crippen LogP contribution in [0.4, 0.5) is 13.2 Å². The zero-order valence-corrected chi connectivity index (χ0v) is 12.6. The fraction of sp³-hybridized carbons (Fsp3) is 0.429. The van der Waals surface area contributed by atoms with Crippen LogP contribution in [0.3, 0.4) is 0 Å². The van der Waals surface area contributed by atoms with E-state index in [0.29, 0.717) is 0 Å². The second-order valence-electron chi connectivity index (χ2n) is 4.77. The molecule has 2 heterocycles. The number of fused-ring (bicyclic) bond motifs is 1. The number of esters is 1. The zero-order chi connectivity index (χ0) is 17.4. The molecule has 2 aromatic heterocycles. The van der Waals surface area contributed by atoms with E-state index < -0.39 is 30.1 Å². The maximum atomic E-state index is 12.4. The first-order valence-corrected chi connectivity index (χ1v) is 6.65. The van der Waals surface area contributed by atoms with Gasteiger partial charge in [-0.25, -0.2) is 9.59 Å². The minimum Gasteiger partial charge on any atom is -0.481 e. The van der Waals surface area contributed by atoms with Crippen LogP contribution in [0.2, 0.25) is 0 Å². The van der Waals surface area contributed by atoms with Gasteiger partial charge in [0.15, 0.2) is 18.1 Å². The van der Waals surface area contributed by atoms with Crippen LogP contribution in [0.15, 0.2) is 15.3 Å². The number of hydrogen-bond acceptors (Lipinski definition) is 5. The number of aryl methyl sites for hydroxylation is 2. The monoisotopic (exact) mass is 333 g/mol. The Labute approximate surface area is 128 Å². The van der Waals surface area contributed by atoms with Crippen LogP contribution >= 0.6 is 0 Å². The smallest absolute Gasteiger partial charge is 0.422 e. The van der Waals surface area contributed by atoms with Gasteiger partial charge in [-0.2, -0.15) is 13.2 Å². The van der Waals surface area contributed by atoms with Gasteiger partial charge in [-0.15, -0.1) is 0 Å². The number of ether oxygens (including phenoxy) is 2. The van der Waals surface area contributed by atoms with Crippen molar-refractivity contribution in [1.29, 1.82) is 0 Å². The van der Waals surface area contributed by atoms with E-state index in [1.807, 2.05) is 0 Å². The first kappa shape index (κ1) is 16.9. The summed E-state index contributed by atoms with van der Waals surface area (Å²) in [7, 11) is 1.42. The number of carbonyl (C=O) groups is 1. The Morgan fingerprint density at radius 3 is 2.61 bits per heavy atom. The minimum atomic E-state index is -4.63. The second kappa shape index (κ2) is 5.98. The van der Waals surface area contributed by atoms with E-state index in [-0.39, 0.29) is 29.0 Å². The molecule has 0 fully saturated rings. The molecule has 6 nitrogen and oxygen atoms in total. The number of halogens is 3. The molecule has 0 aromatic carbocycles. The fourth-order valence-electron chi connectivity index (χ4n) is 2.18. The number of hydrogen-bond donors (Lipinski definition) is 0. The van der Waals surface area contributed by atoms with E-state index in [2.05, 4.69) is 0 Å². The van der Waals surface area contributed by atoms with E-state index >= 15 is 0 Å². The van der Waals surface area contributed by atoms with Crippen molar-refractivity contribution in [3.63, 3.8) is 0 Å². The van der Waals surface area contributed by atoms with Crippen molar-refractivity contribution in [1.82, 2.24) is 4.57 Å². The van der Waals surface area contributed by atoms with Crippen LogP contribution < -0.4 is 10.4 Å². The summed E-state index contributed by atoms with van der Waals surface area (Å²) in [5.74, 6) is -1.13. The molecule has 0 amide bonds. The van der Waals surface area contributed by atoms with Gasteiger partial charge >= 0.3 is 17.8 Å². The normalized spacial score (nSPS) is 11.7. The molecular formula is C14H14F3NO5. The van der Waals surface area contributed by atoms with Crippen LogP contribution in [-0.2, 0) is 11.8 Å². The van der Waals surface area contributed by atoms with E-state index in [0.717, 1.165) is 0 Å². The first-order valence-electron chi connectivity index (χ1n) is 6.65. The molecule has 0 unspecified atom stereocenters. The van der Waals surface area contributed by atoms with Gasteiger partial charge in [0.05, 0.1) is 12.1 Å². The molecule has 0 radical (unpaired) electrons. The molecule has 0 aliphatic heterocycles. The lowest BCUT2D eigenvalue weighted by Crippen LogP contribution is -2.21. The quantitative estimate of drug-likeness (QED) is 0.804. The molecule has 9 heteroatoms. The van der Waals surface area contributed by atoms with Gasteiger partial charge in [-0.05, 0) is 13.8 Å². The lowest BCUT2D eigenvalue weighted by atomic mass is 10.3. The molecule has 126 valence electrons. The average molecular weight is 333 g/mol. The largest absolute Gasteiger partial charge is 0.481 e. The Balaban J connectivity index is 2.71. The SMILES string of the molecule is CCOC(=O)c1c(OCC(F)(F)F)c2c(=O)oc(C)cc2n1C. The van der Waals surface area contributed by atoms with Crippen molar-refractivity contribution >= 4 is 16.9 Å². The fourth-order valence-corrected chi connectivity index (χ4v) is 2.18. The van der Waals surface area contributed by atoms with Gasteiger partial charge < -0.3 is 18.5 Å². The highest BCUT2D eigenvalue weighted by Gasteiger charge is 2.32. The Hall–Kier alpha value is -2.45. The molecule has 0 saturated heterocycles. The van der Waals surface area contributed by atoms with E-state index in [9.17, 15) is 22.8 Å². The summed E-state index contributed by atoms with van der Waals surface area (Å²) >= 11 is 0. The van der Waals surface area contributed by atoms with Crippen molar-refractivity contribution in [3.8, 4) is 5.75 Å². The maximum absolute atomic E-state index is 12.4. The van der Waals surface area contributed by atoms with Gasteiger partial charge in [0.2, 0.25) is 0 Å². The summed E-state index contributed by atoms with van der Waals surface area (Å²) in [6.45, 7) is 1.43. The Morgan fingerprint density at radius 2 is 2.04 bits per heavy atom. The summed E-state index contributed by atoms with van der Waals surface area (Å²) in [5.41, 5.74) is -0.939. The molecule has 0 N–H and O–H groups in total. The Kier molecular flexibility index (Phi) is 4.39. The predicted molar refractivity (Wildman–Crippen MR) is 73.7 cm³/mol. The van der Waals surface area contributed by atoms with E-state index in [4.69, 9.17) is 13.9 Å².